The summed E-state index contributed by atoms with van der Waals surface area (Å²) in [5.74, 6) is -0.427. The summed E-state index contributed by atoms with van der Waals surface area (Å²) in [7, 11) is 0. The van der Waals surface area contributed by atoms with E-state index in [0.29, 0.717) is 38.6 Å². The molecule has 2 aliphatic rings. The molecule has 3 aromatic rings. The van der Waals surface area contributed by atoms with E-state index in [1.54, 1.807) is 4.90 Å². The number of Topliss-reactive ketones (excluding diaryl/α,β-unsaturated/α-hetero) is 1. The lowest BCUT2D eigenvalue weighted by atomic mass is 9.68. The first kappa shape index (κ1) is 27.0. The first-order valence-electron chi connectivity index (χ1n) is 12.2. The monoisotopic (exact) mass is 578 g/mol. The van der Waals surface area contributed by atoms with E-state index in [1.807, 2.05) is 52.0 Å². The zero-order valence-electron chi connectivity index (χ0n) is 21.8. The molecule has 1 aliphatic carbocycles. The number of nitrogens with two attached hydrogens (primary N) is 1. The van der Waals surface area contributed by atoms with Crippen molar-refractivity contribution in [1.29, 1.82) is 5.26 Å². The first-order valence-corrected chi connectivity index (χ1v) is 14.8. The van der Waals surface area contributed by atoms with Gasteiger partial charge in [0.05, 0.1) is 23.3 Å². The molecular weight excluding hydrogens is 553 g/mol. The van der Waals surface area contributed by atoms with Crippen LogP contribution in [-0.4, -0.2) is 37.8 Å². The first-order chi connectivity index (χ1) is 18.6. The number of rotatable bonds is 6. The Kier molecular flexibility index (Phi) is 7.28. The lowest BCUT2D eigenvalue weighted by Gasteiger charge is -2.42. The molecule has 1 aliphatic heterocycles. The van der Waals surface area contributed by atoms with Crippen LogP contribution < -0.4 is 16.0 Å². The number of aromatic nitrogens is 4. The van der Waals surface area contributed by atoms with Crippen molar-refractivity contribution in [2.24, 2.45) is 11.1 Å². The molecule has 0 radical (unpaired) electrons. The van der Waals surface area contributed by atoms with E-state index in [-0.39, 0.29) is 28.7 Å². The summed E-state index contributed by atoms with van der Waals surface area (Å²) in [6, 6.07) is 10.1. The van der Waals surface area contributed by atoms with E-state index in [2.05, 4.69) is 31.8 Å². The van der Waals surface area contributed by atoms with Gasteiger partial charge in [-0.1, -0.05) is 78.1 Å². The topological polar surface area (TPSA) is 151 Å². The third-order valence-electron chi connectivity index (χ3n) is 6.48. The van der Waals surface area contributed by atoms with Crippen LogP contribution in [0, 0.1) is 30.6 Å². The zero-order chi connectivity index (χ0) is 27.9. The van der Waals surface area contributed by atoms with Crippen LogP contribution in [0.5, 0.6) is 0 Å². The number of nitrogens with one attached hydrogen (secondary N) is 1. The van der Waals surface area contributed by atoms with Crippen molar-refractivity contribution in [3.05, 3.63) is 63.1 Å². The molecule has 0 fully saturated rings. The molecule has 1 unspecified atom stereocenters. The lowest BCUT2D eigenvalue weighted by Crippen LogP contribution is -2.42. The normalized spacial score (nSPS) is 18.7. The smallest absolute Gasteiger partial charge is 0.236 e. The number of allylic oxidation sites excluding steroid dienone is 3. The van der Waals surface area contributed by atoms with Gasteiger partial charge in [0.15, 0.2) is 10.1 Å². The van der Waals surface area contributed by atoms with Gasteiger partial charge in [-0.2, -0.15) is 5.26 Å². The minimum atomic E-state index is -0.542. The predicted octanol–water partition coefficient (Wildman–Crippen LogP) is 4.68. The van der Waals surface area contributed by atoms with Crippen LogP contribution >= 0.6 is 34.4 Å². The minimum absolute atomic E-state index is 0.000210. The number of hydrogen-bond donors (Lipinski definition) is 2. The van der Waals surface area contributed by atoms with E-state index < -0.39 is 5.92 Å². The second-order valence-electron chi connectivity index (χ2n) is 10.2. The van der Waals surface area contributed by atoms with E-state index in [9.17, 15) is 14.9 Å². The van der Waals surface area contributed by atoms with E-state index >= 15 is 0 Å². The maximum absolute atomic E-state index is 13.6. The number of carbonyl (C=O) groups is 2. The van der Waals surface area contributed by atoms with Gasteiger partial charge < -0.3 is 5.73 Å². The van der Waals surface area contributed by atoms with Gasteiger partial charge in [0.25, 0.3) is 0 Å². The lowest BCUT2D eigenvalue weighted by molar-refractivity contribution is -0.118. The highest BCUT2D eigenvalue weighted by molar-refractivity contribution is 8.01. The number of thioether (sulfide) groups is 1. The molecule has 10 nitrogen and oxygen atoms in total. The second kappa shape index (κ2) is 10.5. The molecule has 2 aromatic heterocycles. The van der Waals surface area contributed by atoms with Crippen molar-refractivity contribution >= 4 is 56.4 Å². The maximum Gasteiger partial charge on any atom is 0.236 e. The molecule has 39 heavy (non-hydrogen) atoms. The summed E-state index contributed by atoms with van der Waals surface area (Å²) >= 11 is 3.79. The highest BCUT2D eigenvalue weighted by Gasteiger charge is 2.45. The molecule has 3 heterocycles. The van der Waals surface area contributed by atoms with Gasteiger partial charge in [-0.05, 0) is 31.2 Å². The maximum atomic E-state index is 13.6. The zero-order valence-corrected chi connectivity index (χ0v) is 24.3. The van der Waals surface area contributed by atoms with Gasteiger partial charge in [-0.3, -0.25) is 19.8 Å². The van der Waals surface area contributed by atoms with Crippen molar-refractivity contribution in [3.63, 3.8) is 0 Å². The van der Waals surface area contributed by atoms with E-state index in [4.69, 9.17) is 5.73 Å². The van der Waals surface area contributed by atoms with Crippen LogP contribution in [-0.2, 0) is 9.59 Å². The number of ketones is 1. The van der Waals surface area contributed by atoms with Crippen LogP contribution in [0.4, 0.5) is 10.3 Å². The Balaban J connectivity index is 1.48. The van der Waals surface area contributed by atoms with Crippen LogP contribution in [0.15, 0.2) is 51.3 Å². The summed E-state index contributed by atoms with van der Waals surface area (Å²) in [6.45, 7) is 7.90. The number of benzene rings is 1. The highest BCUT2D eigenvalue weighted by atomic mass is 32.2. The minimum Gasteiger partial charge on any atom is -0.384 e. The van der Waals surface area contributed by atoms with Crippen LogP contribution in [0.25, 0.3) is 0 Å². The Morgan fingerprint density at radius 1 is 1.18 bits per heavy atom. The SMILES string of the molecule is Cc1ccc(C2C(C#N)=C(N)N(c3nnc(SCC(=O)Nc4nnc(C)s4)s3)C3=C2C(=O)CC(C)(C)C3)cc1. The number of hydrogen-bond acceptors (Lipinski definition) is 12. The van der Waals surface area contributed by atoms with Crippen LogP contribution in [0.3, 0.4) is 0 Å². The molecule has 13 heteroatoms. The van der Waals surface area contributed by atoms with Gasteiger partial charge >= 0.3 is 0 Å². The number of carbonyl (C=O) groups excluding carboxylic acids is 2. The molecule has 200 valence electrons. The van der Waals surface area contributed by atoms with Crippen LogP contribution in [0.1, 0.15) is 48.7 Å². The molecule has 0 bridgehead atoms. The fourth-order valence-electron chi connectivity index (χ4n) is 4.80. The Labute approximate surface area is 238 Å². The van der Waals surface area contributed by atoms with Crippen molar-refractivity contribution in [3.8, 4) is 6.07 Å². The molecule has 3 N–H and O–H groups in total. The number of amides is 1. The Hall–Kier alpha value is -3.60. The van der Waals surface area contributed by atoms with Crippen LogP contribution in [0.2, 0.25) is 0 Å². The Morgan fingerprint density at radius 3 is 2.59 bits per heavy atom. The molecule has 1 amide bonds. The molecule has 1 aromatic carbocycles. The number of anilines is 2. The summed E-state index contributed by atoms with van der Waals surface area (Å²) in [5.41, 5.74) is 9.96. The van der Waals surface area contributed by atoms with Gasteiger partial charge in [0.2, 0.25) is 16.2 Å². The Morgan fingerprint density at radius 2 is 1.92 bits per heavy atom. The average molecular weight is 579 g/mol. The molecule has 5 rings (SSSR count). The van der Waals surface area contributed by atoms with Crippen molar-refractivity contribution in [1.82, 2.24) is 20.4 Å². The van der Waals surface area contributed by atoms with Crippen molar-refractivity contribution < 1.29 is 9.59 Å². The Bertz CT molecular complexity index is 1560. The summed E-state index contributed by atoms with van der Waals surface area (Å²) < 4.78 is 0.559. The molecular formula is C26H26N8O2S3. The van der Waals surface area contributed by atoms with Crippen molar-refractivity contribution in [2.45, 2.75) is 50.8 Å². The quantitative estimate of drug-likeness (QED) is 0.395. The summed E-state index contributed by atoms with van der Waals surface area (Å²) in [5, 5.41) is 31.0. The van der Waals surface area contributed by atoms with E-state index in [0.717, 1.165) is 21.8 Å². The standard InChI is InChI=1S/C26H26N8O2S3/c1-13-5-7-15(8-6-13)20-16(11-27)22(28)34(17-9-26(3,4)10-18(35)21(17)20)24-32-33-25(39-24)37-12-19(36)29-23-31-30-14(2)38-23/h5-8,20H,9-10,12,28H2,1-4H3,(H,29,31,36). The second-order valence-corrected chi connectivity index (χ2v) is 13.6. The third-order valence-corrected chi connectivity index (χ3v) is 9.27. The number of nitriles is 1. The summed E-state index contributed by atoms with van der Waals surface area (Å²) in [6.07, 6.45) is 0.961. The average Bonchev–Trinajstić information content (AvgIpc) is 3.50. The van der Waals surface area contributed by atoms with Gasteiger partial charge in [0.1, 0.15) is 10.8 Å². The van der Waals surface area contributed by atoms with Gasteiger partial charge in [-0.25, -0.2) is 0 Å². The van der Waals surface area contributed by atoms with Gasteiger partial charge in [-0.15, -0.1) is 20.4 Å². The molecule has 1 atom stereocenters. The molecule has 0 saturated carbocycles. The number of aryl methyl sites for hydroxylation is 2. The molecule has 0 spiro atoms. The largest absolute Gasteiger partial charge is 0.384 e. The van der Waals surface area contributed by atoms with Crippen molar-refractivity contribution in [2.75, 3.05) is 16.0 Å². The van der Waals surface area contributed by atoms with Gasteiger partial charge in [0, 0.05) is 17.7 Å². The van der Waals surface area contributed by atoms with E-state index in [1.165, 1.54) is 34.4 Å². The molecule has 0 saturated heterocycles. The predicted molar refractivity (Wildman–Crippen MR) is 152 cm³/mol. The fraction of sp³-hybridized carbons (Fsp3) is 0.346. The highest BCUT2D eigenvalue weighted by Crippen LogP contribution is 2.50. The number of nitrogens with zero attached hydrogens (tertiary/aromatic N) is 6. The fourth-order valence-corrected chi connectivity index (χ4v) is 7.09. The summed E-state index contributed by atoms with van der Waals surface area (Å²) in [4.78, 5) is 27.7. The third kappa shape index (κ3) is 5.45.